The Morgan fingerprint density at radius 2 is 2.00 bits per heavy atom. The molecule has 2 aromatic heterocycles. The number of imidazole rings is 1. The molecule has 20 heavy (non-hydrogen) atoms. The van der Waals surface area contributed by atoms with E-state index in [-0.39, 0.29) is 5.75 Å². The van der Waals surface area contributed by atoms with Crippen LogP contribution in [0.4, 0.5) is 8.78 Å². The van der Waals surface area contributed by atoms with Gasteiger partial charge in [0, 0.05) is 22.4 Å². The molecule has 0 aliphatic heterocycles. The van der Waals surface area contributed by atoms with Gasteiger partial charge >= 0.3 is 6.61 Å². The number of pyridine rings is 1. The molecule has 0 N–H and O–H groups in total. The standard InChI is InChI=1S/C14H9BrF2N2O/c15-10-4-5-13-18-12(8-19(13)7-10)9-2-1-3-11(6-9)20-14(16)17/h1-8,14H. The lowest BCUT2D eigenvalue weighted by atomic mass is 10.1. The largest absolute Gasteiger partial charge is 0.435 e. The second kappa shape index (κ2) is 5.20. The lowest BCUT2D eigenvalue weighted by molar-refractivity contribution is -0.0498. The van der Waals surface area contributed by atoms with Crippen LogP contribution in [0.1, 0.15) is 0 Å². The van der Waals surface area contributed by atoms with E-state index >= 15 is 0 Å². The molecule has 0 aliphatic carbocycles. The predicted octanol–water partition coefficient (Wildman–Crippen LogP) is 4.37. The number of fused-ring (bicyclic) bond motifs is 1. The van der Waals surface area contributed by atoms with Crippen LogP contribution < -0.4 is 4.74 Å². The average molecular weight is 339 g/mol. The van der Waals surface area contributed by atoms with Gasteiger partial charge in [-0.15, -0.1) is 0 Å². The number of hydrogen-bond acceptors (Lipinski definition) is 2. The highest BCUT2D eigenvalue weighted by atomic mass is 79.9. The van der Waals surface area contributed by atoms with Gasteiger partial charge in [-0.1, -0.05) is 12.1 Å². The lowest BCUT2D eigenvalue weighted by Gasteiger charge is -2.05. The van der Waals surface area contributed by atoms with Crippen molar-refractivity contribution in [3.63, 3.8) is 0 Å². The monoisotopic (exact) mass is 338 g/mol. The van der Waals surface area contributed by atoms with Gasteiger partial charge in [0.2, 0.25) is 0 Å². The van der Waals surface area contributed by atoms with Crippen LogP contribution in [-0.4, -0.2) is 16.0 Å². The highest BCUT2D eigenvalue weighted by Gasteiger charge is 2.08. The van der Waals surface area contributed by atoms with Gasteiger partial charge in [0.25, 0.3) is 0 Å². The second-order valence-corrected chi connectivity index (χ2v) is 5.06. The zero-order chi connectivity index (χ0) is 14.1. The van der Waals surface area contributed by atoms with Crippen LogP contribution >= 0.6 is 15.9 Å². The van der Waals surface area contributed by atoms with Crippen molar-refractivity contribution in [1.29, 1.82) is 0 Å². The molecule has 2 heterocycles. The third-order valence-electron chi connectivity index (χ3n) is 2.77. The number of hydrogen-bond donors (Lipinski definition) is 0. The van der Waals surface area contributed by atoms with Crippen molar-refractivity contribution in [1.82, 2.24) is 9.38 Å². The van der Waals surface area contributed by atoms with Crippen molar-refractivity contribution in [2.45, 2.75) is 6.61 Å². The minimum atomic E-state index is -2.83. The van der Waals surface area contributed by atoms with Crippen LogP contribution in [0, 0.1) is 0 Å². The van der Waals surface area contributed by atoms with Gasteiger partial charge in [-0.05, 0) is 40.2 Å². The summed E-state index contributed by atoms with van der Waals surface area (Å²) in [5.41, 5.74) is 2.20. The van der Waals surface area contributed by atoms with Crippen molar-refractivity contribution >= 4 is 21.6 Å². The zero-order valence-corrected chi connectivity index (χ0v) is 11.7. The van der Waals surface area contributed by atoms with Gasteiger partial charge in [-0.3, -0.25) is 0 Å². The van der Waals surface area contributed by atoms with Crippen LogP contribution in [0.2, 0.25) is 0 Å². The molecular formula is C14H9BrF2N2O. The summed E-state index contributed by atoms with van der Waals surface area (Å²) < 4.78 is 31.6. The van der Waals surface area contributed by atoms with Crippen molar-refractivity contribution in [2.24, 2.45) is 0 Å². The average Bonchev–Trinajstić information content (AvgIpc) is 2.81. The summed E-state index contributed by atoms with van der Waals surface area (Å²) in [6.07, 6.45) is 3.72. The van der Waals surface area contributed by atoms with Gasteiger partial charge in [-0.2, -0.15) is 8.78 Å². The molecule has 1 aromatic carbocycles. The molecular weight excluding hydrogens is 330 g/mol. The first-order chi connectivity index (χ1) is 9.61. The summed E-state index contributed by atoms with van der Waals surface area (Å²) in [6, 6.07) is 10.3. The maximum absolute atomic E-state index is 12.2. The summed E-state index contributed by atoms with van der Waals surface area (Å²) in [5.74, 6) is 0.121. The third-order valence-corrected chi connectivity index (χ3v) is 3.24. The number of benzene rings is 1. The minimum absolute atomic E-state index is 0.121. The SMILES string of the molecule is FC(F)Oc1cccc(-c2cn3cc(Br)ccc3n2)c1. The predicted molar refractivity (Wildman–Crippen MR) is 75.0 cm³/mol. The van der Waals surface area contributed by atoms with Crippen molar-refractivity contribution in [2.75, 3.05) is 0 Å². The van der Waals surface area contributed by atoms with Crippen molar-refractivity contribution in [3.05, 3.63) is 53.3 Å². The molecule has 0 aliphatic rings. The Morgan fingerprint density at radius 3 is 2.80 bits per heavy atom. The molecule has 0 atom stereocenters. The quantitative estimate of drug-likeness (QED) is 0.709. The number of halogens is 3. The van der Waals surface area contributed by atoms with Gasteiger partial charge < -0.3 is 9.14 Å². The molecule has 0 radical (unpaired) electrons. The second-order valence-electron chi connectivity index (χ2n) is 4.15. The molecule has 3 nitrogen and oxygen atoms in total. The summed E-state index contributed by atoms with van der Waals surface area (Å²) in [5, 5.41) is 0. The van der Waals surface area contributed by atoms with Crippen LogP contribution in [0.15, 0.2) is 53.3 Å². The Morgan fingerprint density at radius 1 is 1.15 bits per heavy atom. The molecule has 6 heteroatoms. The van der Waals surface area contributed by atoms with E-state index in [2.05, 4.69) is 25.7 Å². The summed E-state index contributed by atoms with van der Waals surface area (Å²) in [7, 11) is 0. The Kier molecular flexibility index (Phi) is 3.40. The van der Waals surface area contributed by atoms with Crippen molar-refractivity contribution in [3.8, 4) is 17.0 Å². The first-order valence-corrected chi connectivity index (χ1v) is 6.60. The van der Waals surface area contributed by atoms with Gasteiger partial charge in [0.05, 0.1) is 5.69 Å². The number of aromatic nitrogens is 2. The summed E-state index contributed by atoms with van der Waals surface area (Å²) in [6.45, 7) is -2.83. The maximum atomic E-state index is 12.2. The van der Waals surface area contributed by atoms with Crippen LogP contribution in [0.25, 0.3) is 16.9 Å². The fourth-order valence-electron chi connectivity index (χ4n) is 1.94. The number of alkyl halides is 2. The van der Waals surface area contributed by atoms with E-state index in [4.69, 9.17) is 0 Å². The molecule has 3 aromatic rings. The van der Waals surface area contributed by atoms with Gasteiger partial charge in [-0.25, -0.2) is 4.98 Å². The lowest BCUT2D eigenvalue weighted by Crippen LogP contribution is -2.01. The molecule has 3 rings (SSSR count). The highest BCUT2D eigenvalue weighted by molar-refractivity contribution is 9.10. The molecule has 0 fully saturated rings. The Bertz CT molecular complexity index is 758. The van der Waals surface area contributed by atoms with Crippen LogP contribution in [0.3, 0.4) is 0 Å². The fourth-order valence-corrected chi connectivity index (χ4v) is 2.29. The maximum Gasteiger partial charge on any atom is 0.387 e. The van der Waals surface area contributed by atoms with E-state index in [0.717, 1.165) is 15.7 Å². The Balaban J connectivity index is 2.01. The van der Waals surface area contributed by atoms with E-state index < -0.39 is 6.61 Å². The third kappa shape index (κ3) is 2.65. The fraction of sp³-hybridized carbons (Fsp3) is 0.0714. The number of rotatable bonds is 3. The van der Waals surface area contributed by atoms with Crippen LogP contribution in [-0.2, 0) is 0 Å². The molecule has 0 spiro atoms. The Hall–Kier alpha value is -1.95. The van der Waals surface area contributed by atoms with E-state index in [9.17, 15) is 8.78 Å². The first kappa shape index (κ1) is 13.1. The van der Waals surface area contributed by atoms with E-state index in [0.29, 0.717) is 5.69 Å². The number of ether oxygens (including phenoxy) is 1. The highest BCUT2D eigenvalue weighted by Crippen LogP contribution is 2.25. The van der Waals surface area contributed by atoms with E-state index in [1.807, 2.05) is 28.9 Å². The molecule has 0 saturated carbocycles. The molecule has 0 unspecified atom stereocenters. The molecule has 102 valence electrons. The van der Waals surface area contributed by atoms with Crippen molar-refractivity contribution < 1.29 is 13.5 Å². The number of nitrogens with zero attached hydrogens (tertiary/aromatic N) is 2. The van der Waals surface area contributed by atoms with E-state index in [1.165, 1.54) is 6.07 Å². The smallest absolute Gasteiger partial charge is 0.387 e. The normalized spacial score (nSPS) is 11.2. The van der Waals surface area contributed by atoms with Gasteiger partial charge in [0.15, 0.2) is 0 Å². The summed E-state index contributed by atoms with van der Waals surface area (Å²) >= 11 is 3.38. The summed E-state index contributed by atoms with van der Waals surface area (Å²) in [4.78, 5) is 4.44. The van der Waals surface area contributed by atoms with E-state index in [1.54, 1.807) is 18.2 Å². The molecule has 0 saturated heterocycles. The Labute approximate surface area is 122 Å². The molecule has 0 bridgehead atoms. The minimum Gasteiger partial charge on any atom is -0.435 e. The first-order valence-electron chi connectivity index (χ1n) is 5.81. The zero-order valence-electron chi connectivity index (χ0n) is 10.1. The molecule has 0 amide bonds. The van der Waals surface area contributed by atoms with Crippen LogP contribution in [0.5, 0.6) is 5.75 Å². The topological polar surface area (TPSA) is 26.5 Å². The van der Waals surface area contributed by atoms with Gasteiger partial charge in [0.1, 0.15) is 11.4 Å².